The zero-order valence-electron chi connectivity index (χ0n) is 11.2. The van der Waals surface area contributed by atoms with E-state index in [2.05, 4.69) is 10.3 Å². The normalized spacial score (nSPS) is 11.7. The van der Waals surface area contributed by atoms with E-state index >= 15 is 0 Å². The Balaban J connectivity index is 2.62. The van der Waals surface area contributed by atoms with Gasteiger partial charge in [-0.2, -0.15) is 0 Å². The first-order valence-corrected chi connectivity index (χ1v) is 5.80. The van der Waals surface area contributed by atoms with Crippen LogP contribution in [0.25, 0.3) is 0 Å². The number of primary amides is 1. The number of carboxylic acids is 1. The van der Waals surface area contributed by atoms with Crippen LogP contribution < -0.4 is 11.1 Å². The molecule has 9 nitrogen and oxygen atoms in total. The number of carboxylic acid groups (broad SMARTS) is 1. The zero-order chi connectivity index (χ0) is 15.3. The first kappa shape index (κ1) is 15.5. The molecule has 9 heteroatoms. The molecule has 0 aromatic carbocycles. The molecule has 1 unspecified atom stereocenters. The Morgan fingerprint density at radius 1 is 1.55 bits per heavy atom. The quantitative estimate of drug-likeness (QED) is 0.609. The number of nitrogens with one attached hydrogen (secondary N) is 1. The van der Waals surface area contributed by atoms with Gasteiger partial charge in [0, 0.05) is 26.5 Å². The molecule has 1 heterocycles. The number of hydrogen-bond donors (Lipinski definition) is 3. The maximum Gasteiger partial charge on any atom is 0.326 e. The van der Waals surface area contributed by atoms with Crippen molar-refractivity contribution >= 4 is 17.9 Å². The van der Waals surface area contributed by atoms with E-state index in [0.29, 0.717) is 5.82 Å². The van der Waals surface area contributed by atoms with Gasteiger partial charge in [-0.1, -0.05) is 0 Å². The van der Waals surface area contributed by atoms with Gasteiger partial charge in [-0.05, 0) is 0 Å². The first-order chi connectivity index (χ1) is 9.31. The van der Waals surface area contributed by atoms with Crippen LogP contribution in [0.2, 0.25) is 0 Å². The predicted molar refractivity (Wildman–Crippen MR) is 68.4 cm³/mol. The van der Waals surface area contributed by atoms with Crippen molar-refractivity contribution in [2.75, 3.05) is 7.05 Å². The molecule has 0 radical (unpaired) electrons. The van der Waals surface area contributed by atoms with Gasteiger partial charge in [0.1, 0.15) is 11.9 Å². The second-order valence-electron chi connectivity index (χ2n) is 4.32. The van der Waals surface area contributed by atoms with E-state index in [1.807, 2.05) is 0 Å². The summed E-state index contributed by atoms with van der Waals surface area (Å²) in [7, 11) is 3.27. The van der Waals surface area contributed by atoms with E-state index < -0.39 is 30.4 Å². The largest absolute Gasteiger partial charge is 0.480 e. The van der Waals surface area contributed by atoms with Gasteiger partial charge in [0.15, 0.2) is 0 Å². The van der Waals surface area contributed by atoms with Crippen LogP contribution >= 0.6 is 0 Å². The van der Waals surface area contributed by atoms with Gasteiger partial charge < -0.3 is 25.6 Å². The Morgan fingerprint density at radius 2 is 2.20 bits per heavy atom. The van der Waals surface area contributed by atoms with Crippen molar-refractivity contribution in [3.63, 3.8) is 0 Å². The first-order valence-electron chi connectivity index (χ1n) is 5.80. The Bertz CT molecular complexity index is 513. The fourth-order valence-electron chi connectivity index (χ4n) is 1.49. The summed E-state index contributed by atoms with van der Waals surface area (Å²) in [6, 6.07) is -1.97. The van der Waals surface area contributed by atoms with E-state index in [1.54, 1.807) is 24.0 Å². The number of aryl methyl sites for hydroxylation is 1. The topological polar surface area (TPSA) is 131 Å². The Labute approximate surface area is 115 Å². The molecule has 3 amide bonds. The molecule has 1 aromatic heterocycles. The molecule has 0 saturated heterocycles. The highest BCUT2D eigenvalue weighted by molar-refractivity contribution is 5.87. The van der Waals surface area contributed by atoms with E-state index in [1.165, 1.54) is 11.9 Å². The van der Waals surface area contributed by atoms with Crippen LogP contribution in [0, 0.1) is 0 Å². The molecule has 0 bridgehead atoms. The van der Waals surface area contributed by atoms with Gasteiger partial charge in [-0.15, -0.1) is 0 Å². The van der Waals surface area contributed by atoms with Crippen LogP contribution in [0.4, 0.5) is 4.79 Å². The van der Waals surface area contributed by atoms with E-state index in [-0.39, 0.29) is 6.54 Å². The number of carbonyl (C=O) groups excluding carboxylic acids is 2. The number of aromatic nitrogens is 2. The van der Waals surface area contributed by atoms with E-state index in [4.69, 9.17) is 10.8 Å². The lowest BCUT2D eigenvalue weighted by molar-refractivity contribution is -0.140. The molecule has 0 aliphatic carbocycles. The van der Waals surface area contributed by atoms with Crippen LogP contribution in [0.5, 0.6) is 0 Å². The number of amides is 3. The van der Waals surface area contributed by atoms with Gasteiger partial charge in [0.05, 0.1) is 13.0 Å². The third-order valence-electron chi connectivity index (χ3n) is 2.65. The van der Waals surface area contributed by atoms with Crippen molar-refractivity contribution < 1.29 is 19.5 Å². The predicted octanol–water partition coefficient (Wildman–Crippen LogP) is -1.11. The van der Waals surface area contributed by atoms with Crippen molar-refractivity contribution in [3.05, 3.63) is 18.2 Å². The lowest BCUT2D eigenvalue weighted by Gasteiger charge is -2.20. The van der Waals surface area contributed by atoms with E-state index in [9.17, 15) is 14.4 Å². The van der Waals surface area contributed by atoms with Crippen molar-refractivity contribution in [1.82, 2.24) is 19.8 Å². The third kappa shape index (κ3) is 4.26. The van der Waals surface area contributed by atoms with E-state index in [0.717, 1.165) is 0 Å². The Kier molecular flexibility index (Phi) is 5.07. The second-order valence-corrected chi connectivity index (χ2v) is 4.32. The van der Waals surface area contributed by atoms with Gasteiger partial charge >= 0.3 is 12.0 Å². The molecule has 1 atom stereocenters. The SMILES string of the molecule is CN(Cc1nccn1C)C(=O)NC(CC(N)=O)C(=O)O. The number of urea groups is 1. The summed E-state index contributed by atoms with van der Waals surface area (Å²) in [4.78, 5) is 38.8. The third-order valence-corrected chi connectivity index (χ3v) is 2.65. The molecule has 0 aliphatic heterocycles. The molecule has 1 rings (SSSR count). The lowest BCUT2D eigenvalue weighted by atomic mass is 10.2. The molecule has 0 fully saturated rings. The van der Waals surface area contributed by atoms with Crippen molar-refractivity contribution in [3.8, 4) is 0 Å². The lowest BCUT2D eigenvalue weighted by Crippen LogP contribution is -2.48. The van der Waals surface area contributed by atoms with Crippen LogP contribution in [-0.2, 0) is 23.2 Å². The van der Waals surface area contributed by atoms with Gasteiger partial charge in [0.2, 0.25) is 5.91 Å². The minimum atomic E-state index is -1.34. The Hall–Kier alpha value is -2.58. The average Bonchev–Trinajstić information content (AvgIpc) is 2.73. The van der Waals surface area contributed by atoms with Crippen molar-refractivity contribution in [1.29, 1.82) is 0 Å². The minimum Gasteiger partial charge on any atom is -0.480 e. The van der Waals surface area contributed by atoms with Crippen LogP contribution in [0.15, 0.2) is 12.4 Å². The van der Waals surface area contributed by atoms with Crippen LogP contribution in [0.1, 0.15) is 12.2 Å². The monoisotopic (exact) mass is 283 g/mol. The fourth-order valence-corrected chi connectivity index (χ4v) is 1.49. The highest BCUT2D eigenvalue weighted by Gasteiger charge is 2.24. The minimum absolute atomic E-state index is 0.207. The fraction of sp³-hybridized carbons (Fsp3) is 0.455. The highest BCUT2D eigenvalue weighted by atomic mass is 16.4. The number of carbonyl (C=O) groups is 3. The number of nitrogens with two attached hydrogens (primary N) is 1. The summed E-state index contributed by atoms with van der Waals surface area (Å²) >= 11 is 0. The summed E-state index contributed by atoms with van der Waals surface area (Å²) in [6.45, 7) is 0.207. The molecule has 20 heavy (non-hydrogen) atoms. The second kappa shape index (κ2) is 6.55. The number of hydrogen-bond acceptors (Lipinski definition) is 4. The van der Waals surface area contributed by atoms with Gasteiger partial charge in [-0.25, -0.2) is 14.6 Å². The van der Waals surface area contributed by atoms with Crippen LogP contribution in [-0.4, -0.2) is 50.6 Å². The summed E-state index contributed by atoms with van der Waals surface area (Å²) in [5.74, 6) is -1.48. The highest BCUT2D eigenvalue weighted by Crippen LogP contribution is 2.01. The maximum absolute atomic E-state index is 11.8. The van der Waals surface area contributed by atoms with Gasteiger partial charge in [0.25, 0.3) is 0 Å². The average molecular weight is 283 g/mol. The summed E-state index contributed by atoms with van der Waals surface area (Å²) < 4.78 is 1.74. The standard InChI is InChI=1S/C11H17N5O4/c1-15-4-3-13-9(15)6-16(2)11(20)14-7(10(18)19)5-8(12)17/h3-4,7H,5-6H2,1-2H3,(H2,12,17)(H,14,20)(H,18,19). The number of imidazole rings is 1. The van der Waals surface area contributed by atoms with Crippen molar-refractivity contribution in [2.45, 2.75) is 19.0 Å². The molecule has 0 saturated carbocycles. The van der Waals surface area contributed by atoms with Crippen molar-refractivity contribution in [2.24, 2.45) is 12.8 Å². The molecular weight excluding hydrogens is 266 g/mol. The van der Waals surface area contributed by atoms with Crippen LogP contribution in [0.3, 0.4) is 0 Å². The molecule has 0 spiro atoms. The summed E-state index contributed by atoms with van der Waals surface area (Å²) in [5, 5.41) is 11.1. The molecule has 1 aromatic rings. The summed E-state index contributed by atoms with van der Waals surface area (Å²) in [6.07, 6.45) is 2.86. The summed E-state index contributed by atoms with van der Waals surface area (Å²) in [5.41, 5.74) is 4.93. The molecule has 0 aliphatic rings. The molecule has 4 N–H and O–H groups in total. The van der Waals surface area contributed by atoms with Gasteiger partial charge in [-0.3, -0.25) is 4.79 Å². The Morgan fingerprint density at radius 3 is 2.65 bits per heavy atom. The smallest absolute Gasteiger partial charge is 0.326 e. The number of nitrogens with zero attached hydrogens (tertiary/aromatic N) is 3. The zero-order valence-corrected chi connectivity index (χ0v) is 11.2. The molecule has 110 valence electrons. The number of aliphatic carboxylic acids is 1. The number of rotatable bonds is 6. The maximum atomic E-state index is 11.8. The molecular formula is C11H17N5O4.